The molecule has 0 aromatic heterocycles. The molecule has 1 heterocycles. The van der Waals surface area contributed by atoms with E-state index in [9.17, 15) is 5.11 Å². The molecule has 0 amide bonds. The highest BCUT2D eigenvalue weighted by atomic mass is 16.5. The molecule has 0 radical (unpaired) electrons. The Bertz CT molecular complexity index is 367. The van der Waals surface area contributed by atoms with Crippen molar-refractivity contribution in [1.82, 2.24) is 4.90 Å². The Morgan fingerprint density at radius 2 is 2.17 bits per heavy atom. The summed E-state index contributed by atoms with van der Waals surface area (Å²) >= 11 is 0. The first-order valence-corrected chi connectivity index (χ1v) is 6.42. The topological polar surface area (TPSA) is 58.7 Å². The van der Waals surface area contributed by atoms with Crippen LogP contribution in [0, 0.1) is 0 Å². The highest BCUT2D eigenvalue weighted by molar-refractivity contribution is 5.14. The molecule has 18 heavy (non-hydrogen) atoms. The number of benzene rings is 1. The highest BCUT2D eigenvalue weighted by Crippen LogP contribution is 2.18. The zero-order valence-corrected chi connectivity index (χ0v) is 10.9. The molecular weight excluding hydrogens is 228 g/mol. The van der Waals surface area contributed by atoms with Crippen LogP contribution in [0.15, 0.2) is 30.3 Å². The number of hydrogen-bond donors (Lipinski definition) is 2. The van der Waals surface area contributed by atoms with Gasteiger partial charge in [-0.2, -0.15) is 0 Å². The third kappa shape index (κ3) is 3.29. The maximum absolute atomic E-state index is 10.2. The van der Waals surface area contributed by atoms with Crippen LogP contribution in [-0.2, 0) is 11.3 Å². The van der Waals surface area contributed by atoms with Gasteiger partial charge < -0.3 is 15.6 Å². The van der Waals surface area contributed by atoms with Crippen LogP contribution >= 0.6 is 0 Å². The minimum atomic E-state index is -0.949. The molecule has 0 saturated carbocycles. The number of hydrogen-bond acceptors (Lipinski definition) is 4. The van der Waals surface area contributed by atoms with Crippen LogP contribution in [0.4, 0.5) is 0 Å². The second-order valence-corrected chi connectivity index (χ2v) is 5.14. The van der Waals surface area contributed by atoms with E-state index in [1.807, 2.05) is 18.2 Å². The third-order valence-corrected chi connectivity index (χ3v) is 3.51. The fourth-order valence-electron chi connectivity index (χ4n) is 2.20. The molecule has 1 aromatic carbocycles. The van der Waals surface area contributed by atoms with Crippen molar-refractivity contribution >= 4 is 0 Å². The molecule has 1 aromatic rings. The fourth-order valence-corrected chi connectivity index (χ4v) is 2.20. The molecule has 0 aliphatic carbocycles. The minimum absolute atomic E-state index is 0.208. The summed E-state index contributed by atoms with van der Waals surface area (Å²) in [4.78, 5) is 2.30. The quantitative estimate of drug-likeness (QED) is 0.821. The average Bonchev–Trinajstić information content (AvgIpc) is 2.40. The predicted molar refractivity (Wildman–Crippen MR) is 71.1 cm³/mol. The highest BCUT2D eigenvalue weighted by Gasteiger charge is 2.35. The molecule has 2 rings (SSSR count). The first-order chi connectivity index (χ1) is 8.62. The molecule has 1 saturated heterocycles. The SMILES string of the molecule is CC(O)(CN)C1CN(Cc2ccccc2)CCO1. The van der Waals surface area contributed by atoms with Crippen molar-refractivity contribution in [3.05, 3.63) is 35.9 Å². The summed E-state index contributed by atoms with van der Waals surface area (Å²) in [5.41, 5.74) is 5.92. The number of nitrogens with zero attached hydrogens (tertiary/aromatic N) is 1. The first kappa shape index (κ1) is 13.5. The largest absolute Gasteiger partial charge is 0.386 e. The van der Waals surface area contributed by atoms with Gasteiger partial charge in [0.15, 0.2) is 0 Å². The van der Waals surface area contributed by atoms with Gasteiger partial charge >= 0.3 is 0 Å². The lowest BCUT2D eigenvalue weighted by Crippen LogP contribution is -2.56. The molecule has 1 aliphatic rings. The third-order valence-electron chi connectivity index (χ3n) is 3.51. The molecule has 2 atom stereocenters. The number of morpholine rings is 1. The monoisotopic (exact) mass is 250 g/mol. The number of nitrogens with two attached hydrogens (primary N) is 1. The van der Waals surface area contributed by atoms with Gasteiger partial charge in [0.2, 0.25) is 0 Å². The summed E-state index contributed by atoms with van der Waals surface area (Å²) in [6.45, 7) is 5.11. The molecule has 3 N–H and O–H groups in total. The average molecular weight is 250 g/mol. The van der Waals surface area contributed by atoms with Crippen molar-refractivity contribution in [1.29, 1.82) is 0 Å². The maximum Gasteiger partial charge on any atom is 0.101 e. The van der Waals surface area contributed by atoms with E-state index in [2.05, 4.69) is 17.0 Å². The molecular formula is C14H22N2O2. The second-order valence-electron chi connectivity index (χ2n) is 5.14. The van der Waals surface area contributed by atoms with Crippen molar-refractivity contribution in [2.75, 3.05) is 26.2 Å². The van der Waals surface area contributed by atoms with Gasteiger partial charge in [-0.15, -0.1) is 0 Å². The lowest BCUT2D eigenvalue weighted by Gasteiger charge is -2.39. The van der Waals surface area contributed by atoms with Crippen molar-refractivity contribution in [2.45, 2.75) is 25.2 Å². The summed E-state index contributed by atoms with van der Waals surface area (Å²) in [5, 5.41) is 10.2. The van der Waals surface area contributed by atoms with Gasteiger partial charge in [0.25, 0.3) is 0 Å². The van der Waals surface area contributed by atoms with Gasteiger partial charge in [0.1, 0.15) is 5.60 Å². The summed E-state index contributed by atoms with van der Waals surface area (Å²) < 4.78 is 5.63. The Balaban J connectivity index is 1.95. The van der Waals surface area contributed by atoms with E-state index in [0.717, 1.165) is 19.6 Å². The number of ether oxygens (including phenoxy) is 1. The minimum Gasteiger partial charge on any atom is -0.386 e. The van der Waals surface area contributed by atoms with Gasteiger partial charge in [-0.3, -0.25) is 4.90 Å². The van der Waals surface area contributed by atoms with E-state index < -0.39 is 5.60 Å². The molecule has 1 aliphatic heterocycles. The van der Waals surface area contributed by atoms with Crippen molar-refractivity contribution in [3.63, 3.8) is 0 Å². The molecule has 0 spiro atoms. The molecule has 0 bridgehead atoms. The summed E-state index contributed by atoms with van der Waals surface area (Å²) in [5.74, 6) is 0. The van der Waals surface area contributed by atoms with Gasteiger partial charge in [0.05, 0.1) is 12.7 Å². The van der Waals surface area contributed by atoms with Crippen LogP contribution in [0.5, 0.6) is 0 Å². The summed E-state index contributed by atoms with van der Waals surface area (Å²) in [6.07, 6.45) is -0.208. The molecule has 100 valence electrons. The van der Waals surface area contributed by atoms with Gasteiger partial charge in [-0.1, -0.05) is 30.3 Å². The molecule has 1 fully saturated rings. The van der Waals surface area contributed by atoms with E-state index in [-0.39, 0.29) is 12.6 Å². The van der Waals surface area contributed by atoms with Gasteiger partial charge in [-0.25, -0.2) is 0 Å². The van der Waals surface area contributed by atoms with Crippen LogP contribution < -0.4 is 5.73 Å². The van der Waals surface area contributed by atoms with Gasteiger partial charge in [0, 0.05) is 26.2 Å². The van der Waals surface area contributed by atoms with E-state index >= 15 is 0 Å². The summed E-state index contributed by atoms with van der Waals surface area (Å²) in [7, 11) is 0. The van der Waals surface area contributed by atoms with Crippen LogP contribution in [0.1, 0.15) is 12.5 Å². The normalized spacial score (nSPS) is 24.7. The lowest BCUT2D eigenvalue weighted by atomic mass is 9.97. The van der Waals surface area contributed by atoms with Crippen molar-refractivity contribution in [2.24, 2.45) is 5.73 Å². The Morgan fingerprint density at radius 3 is 2.83 bits per heavy atom. The zero-order chi connectivity index (χ0) is 13.0. The van der Waals surface area contributed by atoms with Crippen LogP contribution in [-0.4, -0.2) is 48.0 Å². The second kappa shape index (κ2) is 5.80. The fraction of sp³-hybridized carbons (Fsp3) is 0.571. The van der Waals surface area contributed by atoms with Crippen molar-refractivity contribution < 1.29 is 9.84 Å². The smallest absolute Gasteiger partial charge is 0.101 e. The number of aliphatic hydroxyl groups is 1. The van der Waals surface area contributed by atoms with E-state index in [4.69, 9.17) is 10.5 Å². The Labute approximate surface area is 108 Å². The molecule has 4 nitrogen and oxygen atoms in total. The predicted octanol–water partition coefficient (Wildman–Crippen LogP) is 0.597. The Kier molecular flexibility index (Phi) is 4.35. The standard InChI is InChI=1S/C14H22N2O2/c1-14(17,11-15)13-10-16(7-8-18-13)9-12-5-3-2-4-6-12/h2-6,13,17H,7-11,15H2,1H3. The van der Waals surface area contributed by atoms with Crippen LogP contribution in [0.2, 0.25) is 0 Å². The summed E-state index contributed by atoms with van der Waals surface area (Å²) in [6, 6.07) is 10.3. The number of rotatable bonds is 4. The Hall–Kier alpha value is -0.940. The van der Waals surface area contributed by atoms with Crippen LogP contribution in [0.25, 0.3) is 0 Å². The molecule has 2 unspecified atom stereocenters. The van der Waals surface area contributed by atoms with Gasteiger partial charge in [-0.05, 0) is 12.5 Å². The van der Waals surface area contributed by atoms with Crippen molar-refractivity contribution in [3.8, 4) is 0 Å². The zero-order valence-electron chi connectivity index (χ0n) is 10.9. The van der Waals surface area contributed by atoms with E-state index in [1.54, 1.807) is 6.92 Å². The Morgan fingerprint density at radius 1 is 1.44 bits per heavy atom. The lowest BCUT2D eigenvalue weighted by molar-refractivity contribution is -0.132. The molecule has 4 heteroatoms. The van der Waals surface area contributed by atoms with E-state index in [0.29, 0.717) is 6.61 Å². The van der Waals surface area contributed by atoms with E-state index in [1.165, 1.54) is 5.56 Å². The first-order valence-electron chi connectivity index (χ1n) is 6.42. The maximum atomic E-state index is 10.2. The van der Waals surface area contributed by atoms with Crippen LogP contribution in [0.3, 0.4) is 0 Å².